The number of nitrogens with two attached hydrogens (primary N) is 1. The summed E-state index contributed by atoms with van der Waals surface area (Å²) >= 11 is 0. The summed E-state index contributed by atoms with van der Waals surface area (Å²) in [4.78, 5) is 2.30. The quantitative estimate of drug-likeness (QED) is 0.529. The van der Waals surface area contributed by atoms with Crippen LogP contribution >= 0.6 is 0 Å². The van der Waals surface area contributed by atoms with E-state index in [1.54, 1.807) is 0 Å². The molecular weight excluding hydrogens is 226 g/mol. The third kappa shape index (κ3) is 2.64. The van der Waals surface area contributed by atoms with E-state index in [1.807, 2.05) is 24.3 Å². The van der Waals surface area contributed by atoms with Crippen LogP contribution in [0.5, 0.6) is 0 Å². The van der Waals surface area contributed by atoms with Crippen molar-refractivity contribution in [1.29, 1.82) is 5.41 Å². The van der Waals surface area contributed by atoms with Crippen molar-refractivity contribution in [3.8, 4) is 0 Å². The number of amidine groups is 1. The fourth-order valence-electron chi connectivity index (χ4n) is 2.39. The smallest absolute Gasteiger partial charge is 0.124 e. The molecule has 1 saturated carbocycles. The van der Waals surface area contributed by atoms with E-state index in [1.165, 1.54) is 19.3 Å². The highest BCUT2D eigenvalue weighted by Crippen LogP contribution is 2.31. The minimum absolute atomic E-state index is 0.110. The Morgan fingerprint density at radius 1 is 1.39 bits per heavy atom. The molecule has 0 aliphatic heterocycles. The number of anilines is 1. The van der Waals surface area contributed by atoms with Crippen LogP contribution in [-0.2, 0) is 0 Å². The lowest BCUT2D eigenvalue weighted by atomic mass is 9.90. The van der Waals surface area contributed by atoms with E-state index in [2.05, 4.69) is 4.90 Å². The van der Waals surface area contributed by atoms with Crippen molar-refractivity contribution in [2.24, 2.45) is 5.73 Å². The number of hydrogen-bond acceptors (Lipinski definition) is 3. The predicted octanol–water partition coefficient (Wildman–Crippen LogP) is 1.71. The summed E-state index contributed by atoms with van der Waals surface area (Å²) < 4.78 is 0. The van der Waals surface area contributed by atoms with E-state index in [0.29, 0.717) is 6.04 Å². The number of aliphatic hydroxyl groups is 1. The third-order valence-electron chi connectivity index (χ3n) is 3.58. The Balaban J connectivity index is 2.25. The number of para-hydroxylation sites is 1. The molecule has 0 saturated heterocycles. The molecule has 4 nitrogen and oxygen atoms in total. The molecule has 0 amide bonds. The van der Waals surface area contributed by atoms with Crippen LogP contribution in [0.15, 0.2) is 24.3 Å². The van der Waals surface area contributed by atoms with E-state index >= 15 is 0 Å². The monoisotopic (exact) mass is 247 g/mol. The van der Waals surface area contributed by atoms with Gasteiger partial charge < -0.3 is 15.7 Å². The van der Waals surface area contributed by atoms with Gasteiger partial charge in [0.05, 0.1) is 0 Å². The zero-order chi connectivity index (χ0) is 13.0. The Labute approximate surface area is 108 Å². The lowest BCUT2D eigenvalue weighted by Crippen LogP contribution is -2.42. The fraction of sp³-hybridized carbons (Fsp3) is 0.500. The number of hydrogen-bond donors (Lipinski definition) is 3. The maximum absolute atomic E-state index is 9.02. The molecular formula is C14H21N3O. The number of benzene rings is 1. The van der Waals surface area contributed by atoms with E-state index in [9.17, 15) is 0 Å². The van der Waals surface area contributed by atoms with Gasteiger partial charge in [0.15, 0.2) is 0 Å². The normalized spacial score (nSPS) is 15.2. The Hall–Kier alpha value is -1.55. The van der Waals surface area contributed by atoms with E-state index in [0.717, 1.165) is 24.2 Å². The van der Waals surface area contributed by atoms with Gasteiger partial charge in [-0.2, -0.15) is 0 Å². The Kier molecular flexibility index (Phi) is 4.20. The molecule has 2 rings (SSSR count). The lowest BCUT2D eigenvalue weighted by Gasteiger charge is -2.40. The van der Waals surface area contributed by atoms with Crippen molar-refractivity contribution in [2.75, 3.05) is 18.1 Å². The number of rotatable bonds is 6. The van der Waals surface area contributed by atoms with Crippen LogP contribution in [0.3, 0.4) is 0 Å². The molecule has 0 unspecified atom stereocenters. The summed E-state index contributed by atoms with van der Waals surface area (Å²) in [7, 11) is 0. The molecule has 0 spiro atoms. The van der Waals surface area contributed by atoms with Crippen LogP contribution in [0.1, 0.15) is 31.2 Å². The summed E-state index contributed by atoms with van der Waals surface area (Å²) in [6.07, 6.45) is 4.40. The maximum Gasteiger partial charge on any atom is 0.124 e. The van der Waals surface area contributed by atoms with E-state index in [4.69, 9.17) is 16.2 Å². The fourth-order valence-corrected chi connectivity index (χ4v) is 2.39. The summed E-state index contributed by atoms with van der Waals surface area (Å²) in [5, 5.41) is 16.7. The Morgan fingerprint density at radius 3 is 2.67 bits per heavy atom. The highest BCUT2D eigenvalue weighted by atomic mass is 16.3. The lowest BCUT2D eigenvalue weighted by molar-refractivity contribution is 0.283. The topological polar surface area (TPSA) is 73.3 Å². The molecule has 0 heterocycles. The molecule has 0 bridgehead atoms. The number of nitrogens with one attached hydrogen (secondary N) is 1. The average Bonchev–Trinajstić information content (AvgIpc) is 2.32. The highest BCUT2D eigenvalue weighted by molar-refractivity contribution is 6.00. The van der Waals surface area contributed by atoms with Crippen molar-refractivity contribution in [2.45, 2.75) is 31.7 Å². The van der Waals surface area contributed by atoms with E-state index < -0.39 is 0 Å². The highest BCUT2D eigenvalue weighted by Gasteiger charge is 2.26. The first-order valence-corrected chi connectivity index (χ1v) is 6.55. The molecule has 98 valence electrons. The van der Waals surface area contributed by atoms with Crippen molar-refractivity contribution in [3.05, 3.63) is 29.8 Å². The number of aliphatic hydroxyl groups excluding tert-OH is 1. The van der Waals surface area contributed by atoms with Gasteiger partial charge in [0.1, 0.15) is 5.84 Å². The first-order chi connectivity index (χ1) is 8.74. The molecule has 0 radical (unpaired) electrons. The minimum Gasteiger partial charge on any atom is -0.396 e. The van der Waals surface area contributed by atoms with Crippen molar-refractivity contribution in [3.63, 3.8) is 0 Å². The molecule has 1 aromatic rings. The molecule has 1 aliphatic rings. The van der Waals surface area contributed by atoms with Crippen LogP contribution in [0.25, 0.3) is 0 Å². The van der Waals surface area contributed by atoms with Gasteiger partial charge in [-0.05, 0) is 37.8 Å². The second kappa shape index (κ2) is 5.87. The van der Waals surface area contributed by atoms with Crippen molar-refractivity contribution >= 4 is 11.5 Å². The van der Waals surface area contributed by atoms with Crippen molar-refractivity contribution < 1.29 is 5.11 Å². The van der Waals surface area contributed by atoms with Gasteiger partial charge in [0.25, 0.3) is 0 Å². The average molecular weight is 247 g/mol. The van der Waals surface area contributed by atoms with Gasteiger partial charge in [-0.25, -0.2) is 0 Å². The molecule has 0 aromatic heterocycles. The standard InChI is InChI=1S/C14H21N3O/c15-14(16)12-7-1-2-8-13(12)17(9-4-10-18)11-5-3-6-11/h1-2,7-8,11,18H,3-6,9-10H2,(H3,15,16). The van der Waals surface area contributed by atoms with Crippen molar-refractivity contribution in [1.82, 2.24) is 0 Å². The largest absolute Gasteiger partial charge is 0.396 e. The van der Waals surface area contributed by atoms with Gasteiger partial charge in [0, 0.05) is 30.4 Å². The number of nitrogens with zero attached hydrogens (tertiary/aromatic N) is 1. The van der Waals surface area contributed by atoms with Gasteiger partial charge in [0.2, 0.25) is 0 Å². The van der Waals surface area contributed by atoms with E-state index in [-0.39, 0.29) is 12.4 Å². The molecule has 0 atom stereocenters. The summed E-state index contributed by atoms with van der Waals surface area (Å²) in [6.45, 7) is 1.02. The van der Waals surface area contributed by atoms with Crippen LogP contribution < -0.4 is 10.6 Å². The zero-order valence-electron chi connectivity index (χ0n) is 10.6. The zero-order valence-corrected chi connectivity index (χ0v) is 10.6. The Morgan fingerprint density at radius 2 is 2.11 bits per heavy atom. The molecule has 1 aromatic carbocycles. The van der Waals surface area contributed by atoms with Crippen LogP contribution in [0.4, 0.5) is 5.69 Å². The Bertz CT molecular complexity index is 415. The third-order valence-corrected chi connectivity index (χ3v) is 3.58. The van der Waals surface area contributed by atoms with Crippen LogP contribution in [-0.4, -0.2) is 30.1 Å². The molecule has 1 fully saturated rings. The molecule has 4 N–H and O–H groups in total. The van der Waals surface area contributed by atoms with Crippen LogP contribution in [0, 0.1) is 5.41 Å². The first kappa shape index (κ1) is 12.9. The molecule has 18 heavy (non-hydrogen) atoms. The summed E-state index contributed by atoms with van der Waals surface area (Å²) in [6, 6.07) is 8.34. The minimum atomic E-state index is 0.110. The van der Waals surface area contributed by atoms with Crippen LogP contribution in [0.2, 0.25) is 0 Å². The summed E-state index contributed by atoms with van der Waals surface area (Å²) in [5.41, 5.74) is 7.47. The second-order valence-corrected chi connectivity index (χ2v) is 4.79. The molecule has 4 heteroatoms. The maximum atomic E-state index is 9.02. The predicted molar refractivity (Wildman–Crippen MR) is 74.1 cm³/mol. The SMILES string of the molecule is N=C(N)c1ccccc1N(CCCO)C1CCC1. The van der Waals surface area contributed by atoms with Gasteiger partial charge in [-0.1, -0.05) is 12.1 Å². The molecule has 1 aliphatic carbocycles. The van der Waals surface area contributed by atoms with Gasteiger partial charge in [-0.3, -0.25) is 5.41 Å². The van der Waals surface area contributed by atoms with Gasteiger partial charge >= 0.3 is 0 Å². The second-order valence-electron chi connectivity index (χ2n) is 4.79. The number of nitrogen functional groups attached to an aromatic ring is 1. The first-order valence-electron chi connectivity index (χ1n) is 6.55. The van der Waals surface area contributed by atoms with Gasteiger partial charge in [-0.15, -0.1) is 0 Å². The summed E-state index contributed by atoms with van der Waals surface area (Å²) in [5.74, 6) is 0.110.